The van der Waals surface area contributed by atoms with Crippen LogP contribution in [0.5, 0.6) is 11.5 Å². The summed E-state index contributed by atoms with van der Waals surface area (Å²) in [6.07, 6.45) is 0.763. The van der Waals surface area contributed by atoms with Crippen molar-refractivity contribution < 1.29 is 51.0 Å². The standard InChI is InChI=1S/C41H28Br2Cl2F5N5O6/c1-53(2)18-8-4-16(5-9-18)51-52-17-6-10-19(11-7-17)54-36(57)21-13-12-20-23(25(21)37(54)58)15-40(44)38(59)55(34-32(49)30(47)29(46)31(48)33(34)50)39(60)41(40,45)26(20)22-14-24(61-3)35(56)28(43)27(22)42/h4-12,14,21,23,25-26,56H,13,15H2,1-3H3. The molecule has 20 heteroatoms. The predicted molar refractivity (Wildman–Crippen MR) is 220 cm³/mol. The number of nitrogens with zero attached hydrogens (tertiary/aromatic N) is 5. The lowest BCUT2D eigenvalue weighted by molar-refractivity contribution is -0.125. The first-order valence-corrected chi connectivity index (χ1v) is 20.5. The van der Waals surface area contributed by atoms with Crippen LogP contribution in [0.4, 0.5) is 50.4 Å². The molecule has 0 spiro atoms. The van der Waals surface area contributed by atoms with Crippen LogP contribution < -0.4 is 19.4 Å². The molecular weight excluding hydrogens is 984 g/mol. The minimum atomic E-state index is -2.80. The maximum atomic E-state index is 15.4. The predicted octanol–water partition coefficient (Wildman–Crippen LogP) is 9.87. The molecule has 61 heavy (non-hydrogen) atoms. The number of halogens is 9. The Hall–Kier alpha value is -4.91. The van der Waals surface area contributed by atoms with E-state index in [1.807, 2.05) is 31.1 Å². The summed E-state index contributed by atoms with van der Waals surface area (Å²) in [5, 5.41) is 19.3. The van der Waals surface area contributed by atoms with Crippen molar-refractivity contribution in [3.63, 3.8) is 0 Å². The van der Waals surface area contributed by atoms with E-state index < -0.39 is 104 Å². The summed E-state index contributed by atoms with van der Waals surface area (Å²) in [6, 6.07) is 14.7. The Balaban J connectivity index is 1.22. The molecule has 3 fully saturated rings. The summed E-state index contributed by atoms with van der Waals surface area (Å²) in [5.74, 6) is -22.7. The Labute approximate surface area is 370 Å². The molecule has 4 aliphatic rings. The molecule has 0 bridgehead atoms. The van der Waals surface area contributed by atoms with Crippen LogP contribution in [-0.4, -0.2) is 59.7 Å². The molecule has 4 amide bonds. The third-order valence-electron chi connectivity index (χ3n) is 11.7. The summed E-state index contributed by atoms with van der Waals surface area (Å²) in [7, 11) is 5.02. The first-order valence-electron chi connectivity index (χ1n) is 18.2. The van der Waals surface area contributed by atoms with Crippen LogP contribution in [0.1, 0.15) is 24.3 Å². The second-order valence-corrected chi connectivity index (χ2v) is 17.8. The lowest BCUT2D eigenvalue weighted by atomic mass is 9.56. The number of ether oxygens (including phenoxy) is 1. The number of aromatic hydroxyl groups is 1. The van der Waals surface area contributed by atoms with Crippen LogP contribution in [0.25, 0.3) is 0 Å². The van der Waals surface area contributed by atoms with E-state index in [0.717, 1.165) is 10.6 Å². The molecule has 2 heterocycles. The lowest BCUT2D eigenvalue weighted by Crippen LogP contribution is -2.60. The van der Waals surface area contributed by atoms with Gasteiger partial charge in [-0.2, -0.15) is 10.2 Å². The van der Waals surface area contributed by atoms with Gasteiger partial charge in [-0.15, -0.1) is 23.2 Å². The van der Waals surface area contributed by atoms with Crippen LogP contribution >= 0.6 is 55.1 Å². The molecule has 6 atom stereocenters. The largest absolute Gasteiger partial charge is 0.503 e. The average molecular weight is 1010 g/mol. The molecule has 0 aromatic heterocycles. The number of rotatable bonds is 7. The number of carbonyl (C=O) groups is 4. The van der Waals surface area contributed by atoms with Gasteiger partial charge in [0.25, 0.3) is 11.8 Å². The number of allylic oxidation sites excluding steroid dienone is 2. The number of fused-ring (bicyclic) bond motifs is 4. The molecule has 1 saturated carbocycles. The number of anilines is 3. The van der Waals surface area contributed by atoms with Gasteiger partial charge in [0.2, 0.25) is 17.6 Å². The number of amides is 4. The summed E-state index contributed by atoms with van der Waals surface area (Å²) in [6.45, 7) is 0. The molecule has 1 N–H and O–H groups in total. The first kappa shape index (κ1) is 42.8. The summed E-state index contributed by atoms with van der Waals surface area (Å²) in [4.78, 5) is 55.1. The second kappa shape index (κ2) is 15.2. The smallest absolute Gasteiger partial charge is 0.258 e. The van der Waals surface area contributed by atoms with Crippen LogP contribution in [0.2, 0.25) is 0 Å². The number of hydrogen-bond donors (Lipinski definition) is 1. The van der Waals surface area contributed by atoms with Gasteiger partial charge in [0, 0.05) is 30.2 Å². The number of azo groups is 1. The van der Waals surface area contributed by atoms with Crippen LogP contribution in [0.3, 0.4) is 0 Å². The van der Waals surface area contributed by atoms with Gasteiger partial charge >= 0.3 is 0 Å². The number of phenols is 1. The maximum absolute atomic E-state index is 15.4. The Bertz CT molecular complexity index is 2650. The van der Waals surface area contributed by atoms with Crippen molar-refractivity contribution in [3.8, 4) is 11.5 Å². The molecule has 2 aliphatic carbocycles. The minimum absolute atomic E-state index is 0.00313. The van der Waals surface area contributed by atoms with Crippen LogP contribution in [0, 0.1) is 46.8 Å². The SMILES string of the molecule is COc1cc(C2C3=CCC4C(=O)N(c5ccc(N=Nc6ccc(N(C)C)cc6)cc5)C(=O)C4C3CC3(Cl)C(=O)N(c4c(F)c(F)c(F)c(F)c4F)C(=O)C23Cl)c(Br)c(Br)c1O. The molecule has 0 radical (unpaired) electrons. The summed E-state index contributed by atoms with van der Waals surface area (Å²) >= 11 is 21.2. The molecule has 8 rings (SSSR count). The van der Waals surface area contributed by atoms with E-state index >= 15 is 8.78 Å². The highest BCUT2D eigenvalue weighted by Gasteiger charge is 2.77. The highest BCUT2D eigenvalue weighted by Crippen LogP contribution is 2.67. The topological polar surface area (TPSA) is 132 Å². The quantitative estimate of drug-likeness (QED) is 0.0371. The number of alkyl halides is 2. The molecule has 6 unspecified atom stereocenters. The fourth-order valence-electron chi connectivity index (χ4n) is 8.75. The van der Waals surface area contributed by atoms with Crippen molar-refractivity contribution >= 4 is 107 Å². The Kier molecular flexibility index (Phi) is 10.6. The third kappa shape index (κ3) is 6.13. The van der Waals surface area contributed by atoms with Gasteiger partial charge in [-0.1, -0.05) is 11.6 Å². The van der Waals surface area contributed by atoms with Crippen LogP contribution in [0.15, 0.2) is 85.4 Å². The van der Waals surface area contributed by atoms with Crippen LogP contribution in [-0.2, 0) is 19.2 Å². The van der Waals surface area contributed by atoms with Crippen molar-refractivity contribution in [1.82, 2.24) is 0 Å². The van der Waals surface area contributed by atoms with Gasteiger partial charge in [-0.05, 0) is 111 Å². The number of methoxy groups -OCH3 is 1. The highest BCUT2D eigenvalue weighted by molar-refractivity contribution is 9.13. The van der Waals surface area contributed by atoms with E-state index in [1.54, 1.807) is 30.3 Å². The average Bonchev–Trinajstić information content (AvgIpc) is 3.58. The first-order chi connectivity index (χ1) is 28.8. The molecular formula is C41H28Br2Cl2F5N5O6. The number of imide groups is 2. The zero-order valence-corrected chi connectivity index (χ0v) is 36.3. The number of hydrogen-bond acceptors (Lipinski definition) is 9. The molecule has 316 valence electrons. The molecule has 4 aromatic rings. The van der Waals surface area contributed by atoms with Crippen molar-refractivity contribution in [3.05, 3.63) is 110 Å². The van der Waals surface area contributed by atoms with Gasteiger partial charge in [0.15, 0.2) is 44.5 Å². The Morgan fingerprint density at radius 3 is 1.90 bits per heavy atom. The lowest BCUT2D eigenvalue weighted by Gasteiger charge is -2.51. The number of carbonyl (C=O) groups excluding carboxylic acids is 4. The molecule has 2 aliphatic heterocycles. The monoisotopic (exact) mass is 1010 g/mol. The normalized spacial score (nSPS) is 25.9. The fourth-order valence-corrected chi connectivity index (χ4v) is 10.6. The van der Waals surface area contributed by atoms with E-state index in [0.29, 0.717) is 11.4 Å². The molecule has 2 saturated heterocycles. The molecule has 11 nitrogen and oxygen atoms in total. The Morgan fingerprint density at radius 2 is 1.34 bits per heavy atom. The fraction of sp³-hybridized carbons (Fsp3) is 0.268. The van der Waals surface area contributed by atoms with Gasteiger partial charge in [-0.3, -0.25) is 24.1 Å². The minimum Gasteiger partial charge on any atom is -0.503 e. The second-order valence-electron chi connectivity index (χ2n) is 15.0. The molecule has 4 aromatic carbocycles. The number of phenolic OH excluding ortho intramolecular Hbond substituents is 1. The van der Waals surface area contributed by atoms with Crippen molar-refractivity contribution in [1.29, 1.82) is 0 Å². The van der Waals surface area contributed by atoms with Gasteiger partial charge < -0.3 is 14.7 Å². The van der Waals surface area contributed by atoms with E-state index in [1.165, 1.54) is 25.3 Å². The van der Waals surface area contributed by atoms with E-state index in [2.05, 4.69) is 42.1 Å². The maximum Gasteiger partial charge on any atom is 0.258 e. The zero-order valence-electron chi connectivity index (χ0n) is 31.6. The van der Waals surface area contributed by atoms with Crippen molar-refractivity contribution in [2.24, 2.45) is 28.0 Å². The summed E-state index contributed by atoms with van der Waals surface area (Å²) in [5.41, 5.74) is 0.435. The van der Waals surface area contributed by atoms with Crippen molar-refractivity contribution in [2.45, 2.75) is 28.5 Å². The van der Waals surface area contributed by atoms with Crippen molar-refractivity contribution in [2.75, 3.05) is 35.9 Å². The number of benzene rings is 4. The van der Waals surface area contributed by atoms with Gasteiger partial charge in [0.05, 0.1) is 40.5 Å². The van der Waals surface area contributed by atoms with E-state index in [4.69, 9.17) is 27.9 Å². The zero-order chi connectivity index (χ0) is 44.2. The van der Waals surface area contributed by atoms with E-state index in [-0.39, 0.29) is 42.8 Å². The third-order valence-corrected chi connectivity index (χ3v) is 15.3. The van der Waals surface area contributed by atoms with Gasteiger partial charge in [0.1, 0.15) is 5.69 Å². The summed E-state index contributed by atoms with van der Waals surface area (Å²) < 4.78 is 79.7. The Morgan fingerprint density at radius 1 is 0.787 bits per heavy atom. The van der Waals surface area contributed by atoms with Gasteiger partial charge in [-0.25, -0.2) is 26.9 Å². The van der Waals surface area contributed by atoms with E-state index in [9.17, 15) is 37.5 Å². The highest BCUT2D eigenvalue weighted by atomic mass is 79.9.